The third-order valence-corrected chi connectivity index (χ3v) is 1.44. The second kappa shape index (κ2) is 1.80. The van der Waals surface area contributed by atoms with Crippen molar-refractivity contribution in [2.45, 2.75) is 0 Å². The van der Waals surface area contributed by atoms with Gasteiger partial charge in [-0.2, -0.15) is 0 Å². The van der Waals surface area contributed by atoms with Gasteiger partial charge in [-0.15, -0.1) is 0 Å². The number of hydrogen-bond acceptors (Lipinski definition) is 3. The molecule has 3 heteroatoms. The fourth-order valence-electron chi connectivity index (χ4n) is 0.960. The number of phenolic OH excluding ortho intramolecular Hbond substituents is 1. The van der Waals surface area contributed by atoms with Crippen molar-refractivity contribution < 1.29 is 5.11 Å². The minimum absolute atomic E-state index is 0.250. The average molecular weight is 134 g/mol. The number of hydrogen-bond donors (Lipinski definition) is 1. The molecule has 1 aromatic carbocycles. The maximum absolute atomic E-state index is 8.99. The molecule has 1 aliphatic heterocycles. The lowest BCUT2D eigenvalue weighted by Gasteiger charge is -1.85. The summed E-state index contributed by atoms with van der Waals surface area (Å²) in [4.78, 5) is 8.10. The molecule has 0 atom stereocenters. The molecule has 0 spiro atoms. The summed E-state index contributed by atoms with van der Waals surface area (Å²) in [7, 11) is 0. The van der Waals surface area contributed by atoms with Crippen molar-refractivity contribution in [3.05, 3.63) is 28.9 Å². The number of fused-ring (bicyclic) bond motifs is 1. The van der Waals surface area contributed by atoms with Crippen LogP contribution in [0.4, 0.5) is 0 Å². The van der Waals surface area contributed by atoms with Crippen molar-refractivity contribution in [3.8, 4) is 5.75 Å². The highest BCUT2D eigenvalue weighted by Crippen LogP contribution is 1.98. The molecular weight excluding hydrogens is 128 g/mol. The van der Waals surface area contributed by atoms with Crippen molar-refractivity contribution in [1.82, 2.24) is 0 Å². The SMILES string of the molecule is Oc1ccc2c(c1)=NCN=2. The lowest BCUT2D eigenvalue weighted by molar-refractivity contribution is 0.474. The van der Waals surface area contributed by atoms with E-state index in [0.29, 0.717) is 6.67 Å². The molecule has 0 unspecified atom stereocenters. The van der Waals surface area contributed by atoms with Crippen LogP contribution in [-0.4, -0.2) is 11.8 Å². The van der Waals surface area contributed by atoms with Crippen LogP contribution in [0.1, 0.15) is 0 Å². The van der Waals surface area contributed by atoms with E-state index in [0.717, 1.165) is 10.7 Å². The fourth-order valence-corrected chi connectivity index (χ4v) is 0.960. The Kier molecular flexibility index (Phi) is 0.974. The first-order valence-electron chi connectivity index (χ1n) is 3.04. The average Bonchev–Trinajstić information content (AvgIpc) is 2.33. The number of nitrogens with zero attached hydrogens (tertiary/aromatic N) is 2. The molecule has 10 heavy (non-hydrogen) atoms. The monoisotopic (exact) mass is 134 g/mol. The van der Waals surface area contributed by atoms with Gasteiger partial charge in [0.05, 0.1) is 10.7 Å². The van der Waals surface area contributed by atoms with Gasteiger partial charge in [0.1, 0.15) is 12.4 Å². The maximum Gasteiger partial charge on any atom is 0.130 e. The summed E-state index contributed by atoms with van der Waals surface area (Å²) in [6, 6.07) is 5.00. The van der Waals surface area contributed by atoms with Crippen molar-refractivity contribution in [1.29, 1.82) is 0 Å². The molecule has 1 aromatic rings. The zero-order valence-corrected chi connectivity index (χ0v) is 5.28. The summed E-state index contributed by atoms with van der Waals surface area (Å²) in [5.41, 5.74) is 0. The van der Waals surface area contributed by atoms with Gasteiger partial charge in [-0.3, -0.25) is 9.98 Å². The Balaban J connectivity index is 2.88. The van der Waals surface area contributed by atoms with Crippen LogP contribution >= 0.6 is 0 Å². The second-order valence-electron chi connectivity index (χ2n) is 2.13. The molecule has 0 aromatic heterocycles. The van der Waals surface area contributed by atoms with Crippen LogP contribution in [0.2, 0.25) is 0 Å². The zero-order valence-electron chi connectivity index (χ0n) is 5.28. The molecule has 3 nitrogen and oxygen atoms in total. The Labute approximate surface area is 57.4 Å². The first-order valence-corrected chi connectivity index (χ1v) is 3.04. The predicted octanol–water partition coefficient (Wildman–Crippen LogP) is -0.397. The molecule has 1 aliphatic rings. The van der Waals surface area contributed by atoms with Crippen molar-refractivity contribution >= 4 is 0 Å². The van der Waals surface area contributed by atoms with Gasteiger partial charge in [-0.05, 0) is 12.1 Å². The molecule has 0 saturated heterocycles. The smallest absolute Gasteiger partial charge is 0.130 e. The van der Waals surface area contributed by atoms with Gasteiger partial charge < -0.3 is 5.11 Å². The number of benzene rings is 1. The normalized spacial score (nSPS) is 13.6. The molecule has 0 saturated carbocycles. The Morgan fingerprint density at radius 1 is 1.20 bits per heavy atom. The lowest BCUT2D eigenvalue weighted by Crippen LogP contribution is -2.20. The third-order valence-electron chi connectivity index (χ3n) is 1.44. The highest BCUT2D eigenvalue weighted by Gasteiger charge is 1.95. The maximum atomic E-state index is 8.99. The van der Waals surface area contributed by atoms with Gasteiger partial charge in [0.2, 0.25) is 0 Å². The van der Waals surface area contributed by atoms with Crippen LogP contribution in [0.15, 0.2) is 28.2 Å². The van der Waals surface area contributed by atoms with E-state index in [1.165, 1.54) is 0 Å². The minimum atomic E-state index is 0.250. The van der Waals surface area contributed by atoms with Crippen LogP contribution in [0, 0.1) is 0 Å². The summed E-state index contributed by atoms with van der Waals surface area (Å²) >= 11 is 0. The lowest BCUT2D eigenvalue weighted by atomic mass is 10.3. The van der Waals surface area contributed by atoms with Crippen LogP contribution < -0.4 is 10.7 Å². The quantitative estimate of drug-likeness (QED) is 0.515. The predicted molar refractivity (Wildman–Crippen MR) is 35.3 cm³/mol. The van der Waals surface area contributed by atoms with E-state index >= 15 is 0 Å². The van der Waals surface area contributed by atoms with Gasteiger partial charge in [0.15, 0.2) is 0 Å². The molecule has 0 aliphatic carbocycles. The highest BCUT2D eigenvalue weighted by atomic mass is 16.3. The Morgan fingerprint density at radius 3 is 2.90 bits per heavy atom. The van der Waals surface area contributed by atoms with E-state index in [1.807, 2.05) is 0 Å². The Bertz CT molecular complexity index is 370. The van der Waals surface area contributed by atoms with Crippen LogP contribution in [0.5, 0.6) is 5.75 Å². The molecule has 1 heterocycles. The van der Waals surface area contributed by atoms with E-state index in [2.05, 4.69) is 9.98 Å². The van der Waals surface area contributed by atoms with E-state index < -0.39 is 0 Å². The number of phenols is 1. The number of rotatable bonds is 0. The summed E-state index contributed by atoms with van der Waals surface area (Å²) < 4.78 is 0. The van der Waals surface area contributed by atoms with Gasteiger partial charge >= 0.3 is 0 Å². The molecule has 0 radical (unpaired) electrons. The Morgan fingerprint density at radius 2 is 2.00 bits per heavy atom. The van der Waals surface area contributed by atoms with Crippen molar-refractivity contribution in [3.63, 3.8) is 0 Å². The van der Waals surface area contributed by atoms with Gasteiger partial charge in [0.25, 0.3) is 0 Å². The van der Waals surface area contributed by atoms with Gasteiger partial charge in [0, 0.05) is 6.07 Å². The first-order chi connectivity index (χ1) is 4.86. The molecule has 0 amide bonds. The van der Waals surface area contributed by atoms with Crippen molar-refractivity contribution in [2.24, 2.45) is 9.98 Å². The van der Waals surface area contributed by atoms with Gasteiger partial charge in [-0.25, -0.2) is 0 Å². The summed E-state index contributed by atoms with van der Waals surface area (Å²) in [6.45, 7) is 0.499. The van der Waals surface area contributed by atoms with Crippen LogP contribution in [0.25, 0.3) is 0 Å². The molecule has 50 valence electrons. The summed E-state index contributed by atoms with van der Waals surface area (Å²) in [5, 5.41) is 10.7. The van der Waals surface area contributed by atoms with E-state index in [-0.39, 0.29) is 5.75 Å². The minimum Gasteiger partial charge on any atom is -0.508 e. The van der Waals surface area contributed by atoms with Crippen LogP contribution in [-0.2, 0) is 0 Å². The standard InChI is InChI=1S/C7H6N2O/c10-5-1-2-6-7(3-5)9-4-8-6/h1-3,10H,4H2. The highest BCUT2D eigenvalue weighted by molar-refractivity contribution is 5.19. The number of aromatic hydroxyl groups is 1. The largest absolute Gasteiger partial charge is 0.508 e. The topological polar surface area (TPSA) is 45.0 Å². The Hall–Kier alpha value is -1.38. The molecule has 0 fully saturated rings. The van der Waals surface area contributed by atoms with Crippen LogP contribution in [0.3, 0.4) is 0 Å². The second-order valence-corrected chi connectivity index (χ2v) is 2.13. The fraction of sp³-hybridized carbons (Fsp3) is 0.143. The molecule has 1 N–H and O–H groups in total. The molecule has 2 rings (SSSR count). The first kappa shape index (κ1) is 5.41. The van der Waals surface area contributed by atoms with E-state index in [9.17, 15) is 0 Å². The third kappa shape index (κ3) is 0.673. The van der Waals surface area contributed by atoms with E-state index in [1.54, 1.807) is 18.2 Å². The van der Waals surface area contributed by atoms with Crippen molar-refractivity contribution in [2.75, 3.05) is 6.67 Å². The summed E-state index contributed by atoms with van der Waals surface area (Å²) in [6.07, 6.45) is 0. The van der Waals surface area contributed by atoms with Gasteiger partial charge in [-0.1, -0.05) is 0 Å². The van der Waals surface area contributed by atoms with E-state index in [4.69, 9.17) is 5.11 Å². The molecule has 0 bridgehead atoms. The molecular formula is C7H6N2O. The zero-order chi connectivity index (χ0) is 6.97. The summed E-state index contributed by atoms with van der Waals surface area (Å²) in [5.74, 6) is 0.250.